The topological polar surface area (TPSA) is 24.9 Å². The third-order valence-electron chi connectivity index (χ3n) is 3.57. The number of nitrogens with one attached hydrogen (secondary N) is 1. The van der Waals surface area contributed by atoms with Crippen LogP contribution in [-0.4, -0.2) is 11.0 Å². The van der Waals surface area contributed by atoms with E-state index in [-0.39, 0.29) is 0 Å². The minimum atomic E-state index is 0.481. The zero-order valence-electron chi connectivity index (χ0n) is 11.1. The van der Waals surface area contributed by atoms with Gasteiger partial charge in [-0.05, 0) is 36.5 Å². The van der Waals surface area contributed by atoms with Gasteiger partial charge in [0.15, 0.2) is 0 Å². The summed E-state index contributed by atoms with van der Waals surface area (Å²) in [5, 5.41) is 4.89. The fourth-order valence-corrected chi connectivity index (χ4v) is 2.25. The Kier molecular flexibility index (Phi) is 3.04. The Morgan fingerprint density at radius 2 is 2.06 bits per heavy atom. The molecule has 1 fully saturated rings. The molecule has 2 aromatic rings. The molecule has 1 heterocycles. The van der Waals surface area contributed by atoms with Gasteiger partial charge in [0.2, 0.25) is 0 Å². The first-order valence-corrected chi connectivity index (χ1v) is 6.86. The first-order chi connectivity index (χ1) is 8.74. The molecule has 0 atom stereocenters. The molecule has 1 aromatic carbocycles. The average Bonchev–Trinajstić information content (AvgIpc) is 3.19. The highest BCUT2D eigenvalue weighted by atomic mass is 14.9. The highest BCUT2D eigenvalue weighted by molar-refractivity contribution is 5.82. The number of hydrogen-bond donors (Lipinski definition) is 1. The number of nitrogens with zero attached hydrogens (tertiary/aromatic N) is 1. The number of benzene rings is 1. The molecule has 18 heavy (non-hydrogen) atoms. The van der Waals surface area contributed by atoms with Crippen molar-refractivity contribution in [2.75, 3.05) is 0 Å². The van der Waals surface area contributed by atoms with Crippen LogP contribution in [0, 0.1) is 0 Å². The third-order valence-corrected chi connectivity index (χ3v) is 3.57. The van der Waals surface area contributed by atoms with Crippen molar-refractivity contribution in [3.8, 4) is 0 Å². The summed E-state index contributed by atoms with van der Waals surface area (Å²) in [4.78, 5) is 4.75. The van der Waals surface area contributed by atoms with Crippen molar-refractivity contribution in [1.82, 2.24) is 10.3 Å². The average molecular weight is 240 g/mol. The predicted molar refractivity (Wildman–Crippen MR) is 75.7 cm³/mol. The molecule has 0 aliphatic heterocycles. The van der Waals surface area contributed by atoms with Crippen LogP contribution in [0.3, 0.4) is 0 Å². The van der Waals surface area contributed by atoms with Crippen LogP contribution in [0.2, 0.25) is 0 Å². The minimum absolute atomic E-state index is 0.481. The molecule has 3 rings (SSSR count). The van der Waals surface area contributed by atoms with Gasteiger partial charge in [-0.15, -0.1) is 0 Å². The summed E-state index contributed by atoms with van der Waals surface area (Å²) in [7, 11) is 0. The van der Waals surface area contributed by atoms with E-state index in [9.17, 15) is 0 Å². The second-order valence-corrected chi connectivity index (χ2v) is 5.53. The lowest BCUT2D eigenvalue weighted by molar-refractivity contribution is 0.688. The second-order valence-electron chi connectivity index (χ2n) is 5.53. The van der Waals surface area contributed by atoms with Crippen molar-refractivity contribution in [3.63, 3.8) is 0 Å². The van der Waals surface area contributed by atoms with E-state index in [2.05, 4.69) is 49.5 Å². The predicted octanol–water partition coefficient (Wildman–Crippen LogP) is 3.61. The maximum Gasteiger partial charge on any atom is 0.0708 e. The van der Waals surface area contributed by atoms with Crippen LogP contribution in [0.15, 0.2) is 30.3 Å². The fraction of sp³-hybridized carbons (Fsp3) is 0.438. The van der Waals surface area contributed by atoms with Crippen LogP contribution in [0.5, 0.6) is 0 Å². The van der Waals surface area contributed by atoms with E-state index >= 15 is 0 Å². The number of aromatic nitrogens is 1. The van der Waals surface area contributed by atoms with Crippen molar-refractivity contribution < 1.29 is 0 Å². The van der Waals surface area contributed by atoms with Gasteiger partial charge < -0.3 is 5.32 Å². The highest BCUT2D eigenvalue weighted by Crippen LogP contribution is 2.24. The van der Waals surface area contributed by atoms with Crippen LogP contribution in [0.25, 0.3) is 10.9 Å². The summed E-state index contributed by atoms with van der Waals surface area (Å²) >= 11 is 0. The molecule has 0 spiro atoms. The number of rotatable bonds is 4. The Labute approximate surface area is 108 Å². The summed E-state index contributed by atoms with van der Waals surface area (Å²) in [6, 6.07) is 11.5. The number of fused-ring (bicyclic) bond motifs is 1. The molecule has 0 radical (unpaired) electrons. The highest BCUT2D eigenvalue weighted by Gasteiger charge is 2.20. The van der Waals surface area contributed by atoms with Gasteiger partial charge in [0.05, 0.1) is 5.52 Å². The van der Waals surface area contributed by atoms with Gasteiger partial charge in [-0.25, -0.2) is 0 Å². The van der Waals surface area contributed by atoms with E-state index in [0.717, 1.165) is 18.1 Å². The Hall–Kier alpha value is -1.41. The summed E-state index contributed by atoms with van der Waals surface area (Å²) in [5.74, 6) is 0.481. The van der Waals surface area contributed by atoms with Crippen molar-refractivity contribution >= 4 is 10.9 Å². The lowest BCUT2D eigenvalue weighted by Crippen LogP contribution is -2.16. The van der Waals surface area contributed by atoms with Gasteiger partial charge in [0, 0.05) is 23.7 Å². The zero-order valence-corrected chi connectivity index (χ0v) is 11.1. The number of hydrogen-bond acceptors (Lipinski definition) is 2. The van der Waals surface area contributed by atoms with E-state index in [1.807, 2.05) is 0 Å². The summed E-state index contributed by atoms with van der Waals surface area (Å²) in [5.41, 5.74) is 3.70. The molecule has 0 bridgehead atoms. The van der Waals surface area contributed by atoms with Crippen LogP contribution in [0.1, 0.15) is 43.9 Å². The van der Waals surface area contributed by atoms with Crippen molar-refractivity contribution in [2.24, 2.45) is 0 Å². The van der Waals surface area contributed by atoms with E-state index in [0.29, 0.717) is 5.92 Å². The summed E-state index contributed by atoms with van der Waals surface area (Å²) in [6.45, 7) is 5.37. The van der Waals surface area contributed by atoms with Crippen LogP contribution >= 0.6 is 0 Å². The van der Waals surface area contributed by atoms with Gasteiger partial charge in [0.1, 0.15) is 0 Å². The second kappa shape index (κ2) is 4.69. The van der Waals surface area contributed by atoms with Gasteiger partial charge in [-0.2, -0.15) is 0 Å². The molecule has 0 saturated heterocycles. The SMILES string of the molecule is CC(C)c1cc(CNC2CC2)c2ccccc2n1. The molecule has 2 heteroatoms. The van der Waals surface area contributed by atoms with Gasteiger partial charge in [-0.3, -0.25) is 4.98 Å². The standard InChI is InChI=1S/C16H20N2/c1-11(2)16-9-12(10-17-13-7-8-13)14-5-3-4-6-15(14)18-16/h3-6,9,11,13,17H,7-8,10H2,1-2H3. The minimum Gasteiger partial charge on any atom is -0.310 e. The first kappa shape index (κ1) is 11.7. The fourth-order valence-electron chi connectivity index (χ4n) is 2.25. The molecule has 0 amide bonds. The first-order valence-electron chi connectivity index (χ1n) is 6.86. The van der Waals surface area contributed by atoms with Gasteiger partial charge >= 0.3 is 0 Å². The zero-order chi connectivity index (χ0) is 12.5. The number of pyridine rings is 1. The van der Waals surface area contributed by atoms with Crippen molar-refractivity contribution in [1.29, 1.82) is 0 Å². The maximum atomic E-state index is 4.75. The molecule has 1 N–H and O–H groups in total. The maximum absolute atomic E-state index is 4.75. The Morgan fingerprint density at radius 3 is 2.78 bits per heavy atom. The molecule has 1 aromatic heterocycles. The van der Waals surface area contributed by atoms with Gasteiger partial charge in [0.25, 0.3) is 0 Å². The molecular weight excluding hydrogens is 220 g/mol. The van der Waals surface area contributed by atoms with E-state index in [1.54, 1.807) is 0 Å². The third kappa shape index (κ3) is 2.39. The summed E-state index contributed by atoms with van der Waals surface area (Å²) in [6.07, 6.45) is 2.67. The molecule has 1 aliphatic rings. The largest absolute Gasteiger partial charge is 0.310 e. The quantitative estimate of drug-likeness (QED) is 0.883. The summed E-state index contributed by atoms with van der Waals surface area (Å²) < 4.78 is 0. The molecule has 2 nitrogen and oxygen atoms in total. The Bertz CT molecular complexity index is 556. The molecule has 94 valence electrons. The molecule has 1 aliphatic carbocycles. The van der Waals surface area contributed by atoms with Gasteiger partial charge in [-0.1, -0.05) is 32.0 Å². The Balaban J connectivity index is 2.01. The Morgan fingerprint density at radius 1 is 1.28 bits per heavy atom. The molecule has 0 unspecified atom stereocenters. The van der Waals surface area contributed by atoms with Crippen molar-refractivity contribution in [3.05, 3.63) is 41.6 Å². The van der Waals surface area contributed by atoms with E-state index in [4.69, 9.17) is 4.98 Å². The lowest BCUT2D eigenvalue weighted by atomic mass is 10.0. The smallest absolute Gasteiger partial charge is 0.0708 e. The monoisotopic (exact) mass is 240 g/mol. The van der Waals surface area contributed by atoms with Crippen LogP contribution in [-0.2, 0) is 6.54 Å². The molecular formula is C16H20N2. The van der Waals surface area contributed by atoms with Crippen LogP contribution < -0.4 is 5.32 Å². The normalized spacial score (nSPS) is 15.5. The molecule has 1 saturated carbocycles. The number of para-hydroxylation sites is 1. The van der Waals surface area contributed by atoms with Crippen molar-refractivity contribution in [2.45, 2.75) is 45.2 Å². The van der Waals surface area contributed by atoms with E-state index in [1.165, 1.54) is 29.5 Å². The van der Waals surface area contributed by atoms with Crippen LogP contribution in [0.4, 0.5) is 0 Å². The lowest BCUT2D eigenvalue weighted by Gasteiger charge is -2.12. The van der Waals surface area contributed by atoms with E-state index < -0.39 is 0 Å².